The number of nitrogens with zero attached hydrogens (tertiary/aromatic N) is 9. The van der Waals surface area contributed by atoms with Gasteiger partial charge in [0, 0.05) is 63.3 Å². The standard InChI is InChI=1S/C57H81BrN16O28P4S4/c1-27(2)29-15-41(70-8-5-39(60)64-54(70)79)94-35(29)22-93-106(110,89-14-13-88-12-11-87-10-7-59)101-33-18-43(72-19-28(3)49(76)68-56(72)81)96-38(33)25-91-104(84,108)100-32-17-44(74-26-63-45-48(74)66-53(62)67-51(45)78)97-37(32)23-90-103(83,107)99-31-16-42(71-9-6-40(61)65-55(71)80)95-36(31)24-92-105(85,109)102-46-34(21-75)98-52(47(46)86-4)73-20-30(58)50(77)69-57(73)82/h5-6,8-9,19-20,26-27,29,31-38,41-44,46-47,52,75H,7,10-18,21-25,59H2,1-4H3,(H,83,107)(H,84,108)(H,85,109)(H2,60,64,79)(H2,61,65,80)(H,68,76,81)(H,69,77,82)(H3,62,66,67,78)/t29-,31+,32+,33+,34+,35+,36+,37+,38+,41+,42+,43+,44+,46-,47?,52+,103?,104?,105?,106?/m0/s1. The van der Waals surface area contributed by atoms with Crippen molar-refractivity contribution in [3.63, 3.8) is 0 Å². The van der Waals surface area contributed by atoms with Crippen molar-refractivity contribution in [3.05, 3.63) is 126 Å². The van der Waals surface area contributed by atoms with Crippen LogP contribution in [0.5, 0.6) is 0 Å². The van der Waals surface area contributed by atoms with Gasteiger partial charge in [-0.05, 0) is 88.7 Å². The summed E-state index contributed by atoms with van der Waals surface area (Å²) in [4.78, 5) is 137. The van der Waals surface area contributed by atoms with Crippen molar-refractivity contribution in [2.45, 2.75) is 139 Å². The molecule has 5 unspecified atom stereocenters. The van der Waals surface area contributed by atoms with Crippen LogP contribution in [0.2, 0.25) is 0 Å². The summed E-state index contributed by atoms with van der Waals surface area (Å²) in [5.74, 6) is -0.625. The van der Waals surface area contributed by atoms with Gasteiger partial charge in [-0.1, -0.05) is 26.1 Å². The fourth-order valence-electron chi connectivity index (χ4n) is 12.7. The lowest BCUT2D eigenvalue weighted by Crippen LogP contribution is -2.40. The maximum Gasteiger partial charge on any atom is 0.386 e. The SMILES string of the molecule is COC1[C@@H](OP(O)(=S)OC[C@H]2O[C@@H](n3ccc(N)nc3=O)C[C@H]2OP(=O)(S)OC[C@H]2O[C@@H](n3cnc4c(=O)[nH]c(N)nc43)C[C@H]2OP(O)(=S)OC[C@H]2O[C@@H](n3cc(C)c(=O)[nH]c3=O)C[C@H]2OP(=S)(OCCOCCOCCN)OC[C@H]2O[C@@H](n3ccc(N)nc3=O)C[C@H]2C(C)C)[C@@H](CO)O[C@H]1n1cc(Br)c(=O)[nH]c1=O. The number of aromatic nitrogens is 12. The Bertz CT molecular complexity index is 4910. The number of nitrogen functional groups attached to an aromatic ring is 3. The molecule has 6 aromatic heterocycles. The molecule has 5 saturated heterocycles. The van der Waals surface area contributed by atoms with Crippen molar-refractivity contribution in [1.82, 2.24) is 57.7 Å². The van der Waals surface area contributed by atoms with Crippen LogP contribution in [0.15, 0.2) is 81.3 Å². The van der Waals surface area contributed by atoms with E-state index in [4.69, 9.17) is 137 Å². The first-order valence-electron chi connectivity index (χ1n) is 33.7. The summed E-state index contributed by atoms with van der Waals surface area (Å²) in [5.41, 5.74) is 17.6. The number of aliphatic hydroxyl groups excluding tert-OH is 1. The van der Waals surface area contributed by atoms with Crippen LogP contribution in [0.1, 0.15) is 76.2 Å². The molecule has 20 atom stereocenters. The van der Waals surface area contributed by atoms with Crippen LogP contribution in [0.3, 0.4) is 0 Å². The fraction of sp³-hybridized carbons (Fsp3) is 0.632. The smallest absolute Gasteiger partial charge is 0.386 e. The molecule has 6 aromatic rings. The molecular formula is C57H81BrN16O28P4S4. The molecule has 0 radical (unpaired) electrons. The molecular weight excluding hydrogens is 1690 g/mol. The van der Waals surface area contributed by atoms with Crippen molar-refractivity contribution in [1.29, 1.82) is 0 Å². The number of thiol groups is 1. The van der Waals surface area contributed by atoms with Gasteiger partial charge in [0.2, 0.25) is 5.95 Å². The molecule has 53 heteroatoms. The summed E-state index contributed by atoms with van der Waals surface area (Å²) in [6.07, 6.45) is -12.8. The number of methoxy groups -OCH3 is 1. The highest BCUT2D eigenvalue weighted by molar-refractivity contribution is 9.10. The van der Waals surface area contributed by atoms with Crippen LogP contribution >= 0.6 is 55.1 Å². The number of imidazole rings is 1. The van der Waals surface area contributed by atoms with Crippen LogP contribution in [-0.4, -0.2) is 213 Å². The third kappa shape index (κ3) is 21.2. The minimum Gasteiger partial charge on any atom is -0.394 e. The average molecular weight is 1770 g/mol. The monoisotopic (exact) mass is 1770 g/mol. The van der Waals surface area contributed by atoms with Gasteiger partial charge in [0.25, 0.3) is 16.7 Å². The van der Waals surface area contributed by atoms with Gasteiger partial charge in [-0.25, -0.2) is 28.7 Å². The normalized spacial score (nSPS) is 28.6. The summed E-state index contributed by atoms with van der Waals surface area (Å²) in [5, 5.41) is 10.4. The molecule has 0 amide bonds. The first-order valence-corrected chi connectivity index (χ1v) is 44.9. The van der Waals surface area contributed by atoms with Crippen molar-refractivity contribution < 1.29 is 98.1 Å². The largest absolute Gasteiger partial charge is 0.394 e. The molecule has 110 heavy (non-hydrogen) atoms. The van der Waals surface area contributed by atoms with E-state index in [1.807, 2.05) is 13.8 Å². The summed E-state index contributed by atoms with van der Waals surface area (Å²) < 4.78 is 124. The van der Waals surface area contributed by atoms with Gasteiger partial charge >= 0.3 is 49.7 Å². The zero-order valence-corrected chi connectivity index (χ0v) is 67.2. The van der Waals surface area contributed by atoms with E-state index in [1.165, 1.54) is 60.2 Å². The molecule has 11 rings (SSSR count). The molecule has 0 bridgehead atoms. The second kappa shape index (κ2) is 36.9. The van der Waals surface area contributed by atoms with Gasteiger partial charge in [-0.3, -0.25) is 65.7 Å². The quantitative estimate of drug-likeness (QED) is 0.0141. The number of rotatable bonds is 37. The van der Waals surface area contributed by atoms with Gasteiger partial charge in [0.05, 0.1) is 95.2 Å². The Morgan fingerprint density at radius 3 is 1.75 bits per heavy atom. The topological polar surface area (TPSA) is 582 Å². The van der Waals surface area contributed by atoms with E-state index < -0.39 is 185 Å². The Labute approximate surface area is 650 Å². The number of nitrogens with two attached hydrogens (primary N) is 4. The van der Waals surface area contributed by atoms with Gasteiger partial charge in [-0.15, -0.1) is 0 Å². The van der Waals surface area contributed by atoms with E-state index in [0.717, 1.165) is 19.9 Å². The van der Waals surface area contributed by atoms with Gasteiger partial charge in [0.15, 0.2) is 17.4 Å². The highest BCUT2D eigenvalue weighted by Gasteiger charge is 2.52. The maximum atomic E-state index is 14.7. The van der Waals surface area contributed by atoms with E-state index in [0.29, 0.717) is 19.6 Å². The van der Waals surface area contributed by atoms with E-state index >= 15 is 0 Å². The second-order valence-electron chi connectivity index (χ2n) is 25.7. The minimum atomic E-state index is -4.76. The molecule has 0 aromatic carbocycles. The number of hydrogen-bond donors (Lipinski definition) is 11. The molecule has 608 valence electrons. The third-order valence-electron chi connectivity index (χ3n) is 17.9. The maximum absolute atomic E-state index is 14.7. The molecule has 5 aliphatic heterocycles. The number of anilines is 3. The number of nitrogens with one attached hydrogen (secondary N) is 3. The van der Waals surface area contributed by atoms with Crippen molar-refractivity contribution in [2.24, 2.45) is 17.6 Å². The van der Waals surface area contributed by atoms with Gasteiger partial charge in [0.1, 0.15) is 79.3 Å². The summed E-state index contributed by atoms with van der Waals surface area (Å²) in [6, 6.07) is 2.77. The van der Waals surface area contributed by atoms with Crippen LogP contribution in [0.25, 0.3) is 11.2 Å². The van der Waals surface area contributed by atoms with E-state index in [-0.39, 0.29) is 103 Å². The second-order valence-corrected chi connectivity index (χ2v) is 38.0. The van der Waals surface area contributed by atoms with Crippen LogP contribution in [-0.2, 0) is 119 Å². The predicted octanol–water partition coefficient (Wildman–Crippen LogP) is 0.190. The van der Waals surface area contributed by atoms with Crippen molar-refractivity contribution >= 4 is 119 Å². The van der Waals surface area contributed by atoms with Crippen LogP contribution < -0.4 is 62.4 Å². The Morgan fingerprint density at radius 2 is 1.15 bits per heavy atom. The van der Waals surface area contributed by atoms with Crippen LogP contribution in [0, 0.1) is 18.8 Å². The van der Waals surface area contributed by atoms with Crippen molar-refractivity contribution in [2.75, 3.05) is 96.9 Å². The van der Waals surface area contributed by atoms with E-state index in [2.05, 4.69) is 63.1 Å². The first kappa shape index (κ1) is 85.9. The lowest BCUT2D eigenvalue weighted by molar-refractivity contribution is -0.0626. The number of halogens is 1. The third-order valence-corrected chi connectivity index (χ3v) is 25.7. The summed E-state index contributed by atoms with van der Waals surface area (Å²) >= 11 is 24.7. The Balaban J connectivity index is 0.821. The predicted molar refractivity (Wildman–Crippen MR) is 402 cm³/mol. The highest BCUT2D eigenvalue weighted by Crippen LogP contribution is 2.59. The number of ether oxygens (including phenoxy) is 8. The number of fused-ring (bicyclic) bond motifs is 1. The lowest BCUT2D eigenvalue weighted by Gasteiger charge is -2.30. The molecule has 0 saturated carbocycles. The van der Waals surface area contributed by atoms with Gasteiger partial charge in [-0.2, -0.15) is 15.0 Å². The summed E-state index contributed by atoms with van der Waals surface area (Å²) in [6.45, 7) is -14.9. The Morgan fingerprint density at radius 1 is 0.618 bits per heavy atom. The van der Waals surface area contributed by atoms with E-state index in [1.54, 1.807) is 0 Å². The number of hydrogen-bond acceptors (Lipinski definition) is 37. The number of H-pyrrole nitrogens is 3. The lowest BCUT2D eigenvalue weighted by atomic mass is 9.89. The zero-order valence-electron chi connectivity index (χ0n) is 58.7. The molecule has 0 spiro atoms. The number of aryl methyl sites for hydroxylation is 1. The van der Waals surface area contributed by atoms with Gasteiger partial charge < -0.3 is 103 Å². The molecule has 0 aliphatic carbocycles. The van der Waals surface area contributed by atoms with E-state index in [9.17, 15) is 53.0 Å². The minimum absolute atomic E-state index is 0.0137. The van der Waals surface area contributed by atoms with Crippen LogP contribution in [0.4, 0.5) is 17.6 Å². The Hall–Kier alpha value is -4.96. The number of aliphatic hydroxyl groups is 1. The molecule has 5 fully saturated rings. The first-order chi connectivity index (χ1) is 52.1. The number of aromatic amines is 3. The molecule has 11 heterocycles. The molecule has 14 N–H and O–H groups in total. The average Bonchev–Trinajstić information content (AvgIpc) is 1.63. The molecule has 5 aliphatic rings. The Kier molecular flexibility index (Phi) is 28.8. The molecule has 44 nitrogen and oxygen atoms in total. The fourth-order valence-corrected chi connectivity index (χ4v) is 19.5. The van der Waals surface area contributed by atoms with Crippen molar-refractivity contribution in [3.8, 4) is 0 Å². The summed E-state index contributed by atoms with van der Waals surface area (Å²) in [7, 11) is 1.22. The highest BCUT2D eigenvalue weighted by atomic mass is 79.9. The zero-order chi connectivity index (χ0) is 79.3.